The van der Waals surface area contributed by atoms with Crippen LogP contribution < -0.4 is 10.6 Å². The van der Waals surface area contributed by atoms with E-state index in [0.29, 0.717) is 12.5 Å². The Kier molecular flexibility index (Phi) is 7.62. The molecule has 1 rings (SSSR count). The molecule has 0 atom stereocenters. The monoisotopic (exact) mass is 342 g/mol. The quantitative estimate of drug-likeness (QED) is 0.762. The number of amides is 1. The molecule has 0 saturated heterocycles. The van der Waals surface area contributed by atoms with Gasteiger partial charge in [0.05, 0.1) is 13.2 Å². The molecule has 1 aromatic rings. The number of hydrogen-bond donors (Lipinski definition) is 2. The molecule has 0 spiro atoms. The topological polar surface area (TPSA) is 50.4 Å². The third-order valence-electron chi connectivity index (χ3n) is 2.89. The van der Waals surface area contributed by atoms with E-state index in [-0.39, 0.29) is 12.5 Å². The normalized spacial score (nSPS) is 10.7. The summed E-state index contributed by atoms with van der Waals surface area (Å²) >= 11 is 3.49. The fourth-order valence-electron chi connectivity index (χ4n) is 1.75. The lowest BCUT2D eigenvalue weighted by Gasteiger charge is -2.13. The van der Waals surface area contributed by atoms with Crippen LogP contribution in [-0.4, -0.2) is 26.1 Å². The predicted molar refractivity (Wildman–Crippen MR) is 85.8 cm³/mol. The first-order valence-electron chi connectivity index (χ1n) is 6.81. The second-order valence-electron chi connectivity index (χ2n) is 5.08. The number of nitrogens with one attached hydrogen (secondary N) is 2. The number of ether oxygens (including phenoxy) is 1. The summed E-state index contributed by atoms with van der Waals surface area (Å²) in [5.41, 5.74) is 1.94. The van der Waals surface area contributed by atoms with E-state index >= 15 is 0 Å². The molecule has 0 aliphatic heterocycles. The molecule has 0 bridgehead atoms. The average molecular weight is 343 g/mol. The lowest BCUT2D eigenvalue weighted by atomic mass is 10.1. The first-order chi connectivity index (χ1) is 9.54. The van der Waals surface area contributed by atoms with Crippen LogP contribution in [0.1, 0.15) is 25.8 Å². The van der Waals surface area contributed by atoms with Crippen LogP contribution in [0, 0.1) is 5.92 Å². The maximum atomic E-state index is 11.7. The number of carbonyl (C=O) groups excluding carboxylic acids is 1. The van der Waals surface area contributed by atoms with Gasteiger partial charge in [-0.1, -0.05) is 35.8 Å². The van der Waals surface area contributed by atoms with Gasteiger partial charge in [0.25, 0.3) is 0 Å². The number of anilines is 1. The Morgan fingerprint density at radius 1 is 1.40 bits per heavy atom. The minimum atomic E-state index is 0.00833. The van der Waals surface area contributed by atoms with Crippen LogP contribution in [0.15, 0.2) is 22.7 Å². The highest BCUT2D eigenvalue weighted by molar-refractivity contribution is 9.10. The third-order valence-corrected chi connectivity index (χ3v) is 3.63. The Balaban J connectivity index is 2.48. The number of benzene rings is 1. The van der Waals surface area contributed by atoms with Gasteiger partial charge in [-0.15, -0.1) is 0 Å². The maximum Gasteiger partial charge on any atom is 0.239 e. The molecule has 1 aromatic carbocycles. The number of rotatable bonds is 8. The highest BCUT2D eigenvalue weighted by atomic mass is 79.9. The molecule has 0 saturated carbocycles. The predicted octanol–water partition coefficient (Wildman–Crippen LogP) is 3.17. The van der Waals surface area contributed by atoms with E-state index in [1.54, 1.807) is 7.11 Å². The second-order valence-corrected chi connectivity index (χ2v) is 5.94. The van der Waals surface area contributed by atoms with Crippen LogP contribution in [0.2, 0.25) is 0 Å². The summed E-state index contributed by atoms with van der Waals surface area (Å²) in [6, 6.07) is 5.84. The van der Waals surface area contributed by atoms with Crippen molar-refractivity contribution in [2.75, 3.05) is 25.5 Å². The summed E-state index contributed by atoms with van der Waals surface area (Å²) in [6.45, 7) is 5.78. The Morgan fingerprint density at radius 2 is 2.15 bits per heavy atom. The maximum absolute atomic E-state index is 11.7. The molecular weight excluding hydrogens is 320 g/mol. The van der Waals surface area contributed by atoms with Crippen molar-refractivity contribution in [2.45, 2.75) is 26.9 Å². The van der Waals surface area contributed by atoms with Crippen LogP contribution in [0.4, 0.5) is 5.69 Å². The molecule has 1 amide bonds. The van der Waals surface area contributed by atoms with E-state index in [4.69, 9.17) is 4.74 Å². The molecule has 0 aliphatic rings. The van der Waals surface area contributed by atoms with Gasteiger partial charge >= 0.3 is 0 Å². The molecule has 112 valence electrons. The van der Waals surface area contributed by atoms with Gasteiger partial charge < -0.3 is 15.4 Å². The van der Waals surface area contributed by atoms with Crippen molar-refractivity contribution in [1.82, 2.24) is 5.32 Å². The van der Waals surface area contributed by atoms with Gasteiger partial charge in [-0.3, -0.25) is 4.79 Å². The fraction of sp³-hybridized carbons (Fsp3) is 0.533. The lowest BCUT2D eigenvalue weighted by Crippen LogP contribution is -2.31. The number of hydrogen-bond acceptors (Lipinski definition) is 3. The van der Waals surface area contributed by atoms with E-state index in [1.165, 1.54) is 0 Å². The minimum absolute atomic E-state index is 0.00833. The third kappa shape index (κ3) is 5.92. The molecule has 4 nitrogen and oxygen atoms in total. The van der Waals surface area contributed by atoms with Crippen molar-refractivity contribution in [2.24, 2.45) is 5.92 Å². The van der Waals surface area contributed by atoms with Gasteiger partial charge in [-0.2, -0.15) is 0 Å². The first kappa shape index (κ1) is 17.0. The Morgan fingerprint density at radius 3 is 2.80 bits per heavy atom. The van der Waals surface area contributed by atoms with Gasteiger partial charge in [0.15, 0.2) is 0 Å². The smallest absolute Gasteiger partial charge is 0.239 e. The standard InChI is InChI=1S/C15H23BrN2O2/c1-11(2)7-8-17-15(19)9-18-14-6-4-5-13(16)12(14)10-20-3/h4-6,11,18H,7-10H2,1-3H3,(H,17,19). The Labute approximate surface area is 129 Å². The SMILES string of the molecule is COCc1c(Br)cccc1NCC(=O)NCCC(C)C. The van der Waals surface area contributed by atoms with Crippen molar-refractivity contribution in [3.63, 3.8) is 0 Å². The van der Waals surface area contributed by atoms with Gasteiger partial charge in [0.2, 0.25) is 5.91 Å². The summed E-state index contributed by atoms with van der Waals surface area (Å²) in [5.74, 6) is 0.607. The fourth-order valence-corrected chi connectivity index (χ4v) is 2.23. The van der Waals surface area contributed by atoms with E-state index in [2.05, 4.69) is 40.4 Å². The van der Waals surface area contributed by atoms with Gasteiger partial charge in [0.1, 0.15) is 0 Å². The van der Waals surface area contributed by atoms with Crippen molar-refractivity contribution in [3.8, 4) is 0 Å². The highest BCUT2D eigenvalue weighted by Crippen LogP contribution is 2.25. The molecular formula is C15H23BrN2O2. The van der Waals surface area contributed by atoms with Crippen LogP contribution >= 0.6 is 15.9 Å². The summed E-state index contributed by atoms with van der Waals surface area (Å²) in [6.07, 6.45) is 0.998. The second kappa shape index (κ2) is 8.97. The molecule has 0 unspecified atom stereocenters. The average Bonchev–Trinajstić information content (AvgIpc) is 2.39. The van der Waals surface area contributed by atoms with Crippen LogP contribution in [-0.2, 0) is 16.1 Å². The summed E-state index contributed by atoms with van der Waals surface area (Å²) in [7, 11) is 1.65. The Bertz CT molecular complexity index is 436. The molecule has 0 radical (unpaired) electrons. The Hall–Kier alpha value is -1.07. The van der Waals surface area contributed by atoms with Crippen molar-refractivity contribution >= 4 is 27.5 Å². The number of methoxy groups -OCH3 is 1. The molecule has 0 aliphatic carbocycles. The zero-order valence-corrected chi connectivity index (χ0v) is 13.9. The van der Waals surface area contributed by atoms with Crippen LogP contribution in [0.5, 0.6) is 0 Å². The van der Waals surface area contributed by atoms with Crippen LogP contribution in [0.25, 0.3) is 0 Å². The largest absolute Gasteiger partial charge is 0.380 e. The summed E-state index contributed by atoms with van der Waals surface area (Å²) in [4.78, 5) is 11.7. The molecule has 2 N–H and O–H groups in total. The van der Waals surface area contributed by atoms with E-state index in [1.807, 2.05) is 18.2 Å². The van der Waals surface area contributed by atoms with Gasteiger partial charge in [-0.05, 0) is 24.5 Å². The van der Waals surface area contributed by atoms with Gasteiger partial charge in [0, 0.05) is 29.4 Å². The lowest BCUT2D eigenvalue weighted by molar-refractivity contribution is -0.119. The van der Waals surface area contributed by atoms with Crippen molar-refractivity contribution in [3.05, 3.63) is 28.2 Å². The zero-order chi connectivity index (χ0) is 15.0. The first-order valence-corrected chi connectivity index (χ1v) is 7.60. The minimum Gasteiger partial charge on any atom is -0.380 e. The number of halogens is 1. The summed E-state index contributed by atoms with van der Waals surface area (Å²) in [5, 5.41) is 6.06. The zero-order valence-electron chi connectivity index (χ0n) is 12.3. The van der Waals surface area contributed by atoms with Crippen LogP contribution in [0.3, 0.4) is 0 Å². The molecule has 0 heterocycles. The highest BCUT2D eigenvalue weighted by Gasteiger charge is 2.08. The van der Waals surface area contributed by atoms with Crippen molar-refractivity contribution in [1.29, 1.82) is 0 Å². The van der Waals surface area contributed by atoms with E-state index < -0.39 is 0 Å². The number of carbonyl (C=O) groups is 1. The van der Waals surface area contributed by atoms with Gasteiger partial charge in [-0.25, -0.2) is 0 Å². The molecule has 5 heteroatoms. The molecule has 0 fully saturated rings. The van der Waals surface area contributed by atoms with E-state index in [9.17, 15) is 4.79 Å². The molecule has 0 aromatic heterocycles. The summed E-state index contributed by atoms with van der Waals surface area (Å²) < 4.78 is 6.15. The van der Waals surface area contributed by atoms with Crippen molar-refractivity contribution < 1.29 is 9.53 Å². The van der Waals surface area contributed by atoms with E-state index in [0.717, 1.165) is 28.7 Å². The molecule has 20 heavy (non-hydrogen) atoms.